The van der Waals surface area contributed by atoms with Crippen LogP contribution >= 0.6 is 0 Å². The van der Waals surface area contributed by atoms with Crippen LogP contribution < -0.4 is 19.9 Å². The fourth-order valence-corrected chi connectivity index (χ4v) is 3.70. The van der Waals surface area contributed by atoms with Crippen molar-refractivity contribution in [1.29, 1.82) is 0 Å². The first-order valence-electron chi connectivity index (χ1n) is 13.5. The molecule has 0 aromatic heterocycles. The van der Waals surface area contributed by atoms with Crippen LogP contribution in [-0.4, -0.2) is 44.7 Å². The van der Waals surface area contributed by atoms with Crippen LogP contribution in [0.25, 0.3) is 0 Å². The molecule has 2 N–H and O–H groups in total. The van der Waals surface area contributed by atoms with Crippen molar-refractivity contribution in [3.63, 3.8) is 0 Å². The van der Waals surface area contributed by atoms with Crippen molar-refractivity contribution in [3.8, 4) is 11.5 Å². The fraction of sp³-hybridized carbons (Fsp3) is 0.533. The van der Waals surface area contributed by atoms with E-state index in [2.05, 4.69) is 10.6 Å². The fourth-order valence-electron chi connectivity index (χ4n) is 3.70. The summed E-state index contributed by atoms with van der Waals surface area (Å²) in [5.41, 5.74) is 0.706. The highest BCUT2D eigenvalue weighted by atomic mass is 19.1. The predicted molar refractivity (Wildman–Crippen MR) is 153 cm³/mol. The minimum Gasteiger partial charge on any atom is -0.529 e. The zero-order chi connectivity index (χ0) is 29.1. The maximum absolute atomic E-state index is 14.0. The van der Waals surface area contributed by atoms with Crippen molar-refractivity contribution in [2.24, 2.45) is 10.8 Å². The number of hydrogen-bond acceptors (Lipinski definition) is 6. The van der Waals surface area contributed by atoms with Gasteiger partial charge in [0.1, 0.15) is 11.5 Å². The Kier molecular flexibility index (Phi) is 12.6. The molecule has 2 aromatic rings. The number of rotatable bonds is 16. The predicted octanol–water partition coefficient (Wildman–Crippen LogP) is 5.28. The lowest BCUT2D eigenvalue weighted by Crippen LogP contribution is -2.32. The number of alkyl halides is 2. The topological polar surface area (TPSA) is 76.7 Å². The SMILES string of the molecule is CC(C)(C)C(=O)C(F)CCNCc1ccc(OBOc2ccc(CNCCC(F)C(=O)C(C)(C)C)cc2)cc1. The Morgan fingerprint density at radius 1 is 0.692 bits per heavy atom. The largest absolute Gasteiger partial charge is 0.576 e. The molecule has 0 aliphatic carbocycles. The molecule has 2 rings (SSSR count). The van der Waals surface area contributed by atoms with Crippen LogP contribution in [0.4, 0.5) is 8.78 Å². The first-order chi connectivity index (χ1) is 18.3. The van der Waals surface area contributed by atoms with Crippen molar-refractivity contribution < 1.29 is 27.7 Å². The van der Waals surface area contributed by atoms with Crippen LogP contribution in [0.3, 0.4) is 0 Å². The third kappa shape index (κ3) is 11.9. The average molecular weight is 544 g/mol. The molecular formula is C30H43BF2N2O4. The number of nitrogens with one attached hydrogen (secondary N) is 2. The molecule has 0 radical (unpaired) electrons. The van der Waals surface area contributed by atoms with E-state index in [-0.39, 0.29) is 32.1 Å². The van der Waals surface area contributed by atoms with Gasteiger partial charge in [-0.3, -0.25) is 9.59 Å². The van der Waals surface area contributed by atoms with E-state index < -0.39 is 23.2 Å². The van der Waals surface area contributed by atoms with Crippen molar-refractivity contribution in [3.05, 3.63) is 59.7 Å². The van der Waals surface area contributed by atoms with E-state index in [9.17, 15) is 18.4 Å². The lowest BCUT2D eigenvalue weighted by atomic mass is 9.87. The summed E-state index contributed by atoms with van der Waals surface area (Å²) in [4.78, 5) is 23.8. The normalized spacial score (nSPS) is 13.4. The van der Waals surface area contributed by atoms with Crippen LogP contribution in [0.2, 0.25) is 0 Å². The third-order valence-corrected chi connectivity index (χ3v) is 6.15. The Morgan fingerprint density at radius 2 is 1.03 bits per heavy atom. The van der Waals surface area contributed by atoms with Crippen molar-refractivity contribution in [1.82, 2.24) is 10.6 Å². The maximum atomic E-state index is 14.0. The van der Waals surface area contributed by atoms with Gasteiger partial charge >= 0.3 is 7.69 Å². The number of benzene rings is 2. The number of halogens is 2. The van der Waals surface area contributed by atoms with Gasteiger partial charge in [0.15, 0.2) is 23.9 Å². The molecule has 214 valence electrons. The van der Waals surface area contributed by atoms with Gasteiger partial charge in [0.25, 0.3) is 0 Å². The van der Waals surface area contributed by atoms with Crippen molar-refractivity contribution in [2.75, 3.05) is 13.1 Å². The molecule has 0 amide bonds. The van der Waals surface area contributed by atoms with E-state index in [0.717, 1.165) is 11.1 Å². The van der Waals surface area contributed by atoms with E-state index in [1.54, 1.807) is 41.5 Å². The van der Waals surface area contributed by atoms with Gasteiger partial charge in [0, 0.05) is 23.9 Å². The molecule has 6 nitrogen and oxygen atoms in total. The number of hydrogen-bond donors (Lipinski definition) is 2. The molecule has 0 spiro atoms. The molecule has 0 heterocycles. The van der Waals surface area contributed by atoms with E-state index in [0.29, 0.717) is 37.7 Å². The smallest absolute Gasteiger partial charge is 0.529 e. The molecule has 0 saturated heterocycles. The number of ketones is 2. The molecule has 0 bridgehead atoms. The summed E-state index contributed by atoms with van der Waals surface area (Å²) in [6.45, 7) is 12.3. The Morgan fingerprint density at radius 3 is 1.33 bits per heavy atom. The monoisotopic (exact) mass is 544 g/mol. The van der Waals surface area contributed by atoms with E-state index >= 15 is 0 Å². The first-order valence-corrected chi connectivity index (χ1v) is 13.5. The second-order valence-corrected chi connectivity index (χ2v) is 11.8. The second-order valence-electron chi connectivity index (χ2n) is 11.8. The minimum atomic E-state index is -1.45. The van der Waals surface area contributed by atoms with Gasteiger partial charge in [-0.15, -0.1) is 0 Å². The van der Waals surface area contributed by atoms with Gasteiger partial charge in [-0.05, 0) is 61.3 Å². The summed E-state index contributed by atoms with van der Waals surface area (Å²) < 4.78 is 39.4. The summed E-state index contributed by atoms with van der Waals surface area (Å²) in [7, 11) is 0.0502. The lowest BCUT2D eigenvalue weighted by Gasteiger charge is -2.19. The quantitative estimate of drug-likeness (QED) is 0.221. The van der Waals surface area contributed by atoms with Gasteiger partial charge in [-0.2, -0.15) is 0 Å². The third-order valence-electron chi connectivity index (χ3n) is 6.15. The molecular weight excluding hydrogens is 501 g/mol. The zero-order valence-corrected chi connectivity index (χ0v) is 24.1. The number of carbonyl (C=O) groups excluding carboxylic acids is 2. The molecule has 0 aliphatic heterocycles. The lowest BCUT2D eigenvalue weighted by molar-refractivity contribution is -0.132. The molecule has 0 saturated carbocycles. The van der Waals surface area contributed by atoms with E-state index in [1.165, 1.54) is 0 Å². The van der Waals surface area contributed by atoms with Gasteiger partial charge < -0.3 is 19.9 Å². The van der Waals surface area contributed by atoms with Crippen LogP contribution in [0.15, 0.2) is 48.5 Å². The van der Waals surface area contributed by atoms with E-state index in [1.807, 2.05) is 48.5 Å². The summed E-state index contributed by atoms with van der Waals surface area (Å²) in [5, 5.41) is 6.33. The zero-order valence-electron chi connectivity index (χ0n) is 24.1. The maximum Gasteiger partial charge on any atom is 0.576 e. The highest BCUT2D eigenvalue weighted by Crippen LogP contribution is 2.21. The van der Waals surface area contributed by atoms with Crippen LogP contribution in [-0.2, 0) is 22.7 Å². The first kappa shape index (κ1) is 32.4. The van der Waals surface area contributed by atoms with E-state index in [4.69, 9.17) is 9.31 Å². The summed E-state index contributed by atoms with van der Waals surface area (Å²) in [6.07, 6.45) is -2.59. The molecule has 2 unspecified atom stereocenters. The summed E-state index contributed by atoms with van der Waals surface area (Å²) in [6, 6.07) is 15.0. The van der Waals surface area contributed by atoms with Crippen molar-refractivity contribution in [2.45, 2.75) is 79.8 Å². The van der Waals surface area contributed by atoms with Crippen molar-refractivity contribution >= 4 is 19.3 Å². The van der Waals surface area contributed by atoms with Gasteiger partial charge in [-0.25, -0.2) is 8.78 Å². The Bertz CT molecular complexity index is 951. The highest BCUT2D eigenvalue weighted by Gasteiger charge is 2.29. The van der Waals surface area contributed by atoms with Crippen LogP contribution in [0, 0.1) is 10.8 Å². The molecule has 0 fully saturated rings. The standard InChI is InChI=1S/C30H43BF2N2O4/c1-29(2,3)27(36)25(32)15-17-34-19-21-7-11-23(12-8-21)38-31-39-24-13-9-22(10-14-24)20-35-18-16-26(33)28(37)30(4,5)6/h7-14,25-26,31,34-35H,15-20H2,1-6H3. The highest BCUT2D eigenvalue weighted by molar-refractivity contribution is 6.20. The van der Waals surface area contributed by atoms with Crippen LogP contribution in [0.5, 0.6) is 11.5 Å². The Hall–Kier alpha value is -2.78. The summed E-state index contributed by atoms with van der Waals surface area (Å²) >= 11 is 0. The molecule has 9 heteroatoms. The Labute approximate surface area is 232 Å². The van der Waals surface area contributed by atoms with Gasteiger partial charge in [0.2, 0.25) is 0 Å². The average Bonchev–Trinajstić information content (AvgIpc) is 2.88. The minimum absolute atomic E-state index is 0.0502. The molecule has 39 heavy (non-hydrogen) atoms. The van der Waals surface area contributed by atoms with Gasteiger partial charge in [-0.1, -0.05) is 65.8 Å². The molecule has 2 atom stereocenters. The van der Waals surface area contributed by atoms with Gasteiger partial charge in [0.05, 0.1) is 0 Å². The molecule has 0 aliphatic rings. The second kappa shape index (κ2) is 15.1. The number of carbonyl (C=O) groups is 2. The Balaban J connectivity index is 1.63. The molecule has 2 aromatic carbocycles. The number of Topliss-reactive ketones (excluding diaryl/α,β-unsaturated/α-hetero) is 2. The van der Waals surface area contributed by atoms with Crippen LogP contribution in [0.1, 0.15) is 65.5 Å². The summed E-state index contributed by atoms with van der Waals surface area (Å²) in [5.74, 6) is 0.594.